The second-order valence-electron chi connectivity index (χ2n) is 5.47. The summed E-state index contributed by atoms with van der Waals surface area (Å²) in [6.45, 7) is 3.98. The number of aromatic amines is 1. The molecule has 0 atom stereocenters. The number of imidazole rings is 1. The lowest BCUT2D eigenvalue weighted by molar-refractivity contribution is 0.103. The molecule has 22 heavy (non-hydrogen) atoms. The molecule has 0 fully saturated rings. The molecule has 0 aliphatic carbocycles. The van der Waals surface area contributed by atoms with Gasteiger partial charge in [-0.25, -0.2) is 4.98 Å². The molecular formula is C19H18N2O. The van der Waals surface area contributed by atoms with Crippen molar-refractivity contribution in [1.29, 1.82) is 0 Å². The van der Waals surface area contributed by atoms with Crippen molar-refractivity contribution in [2.45, 2.75) is 20.3 Å². The summed E-state index contributed by atoms with van der Waals surface area (Å²) in [6, 6.07) is 15.9. The summed E-state index contributed by atoms with van der Waals surface area (Å²) in [7, 11) is 0. The lowest BCUT2D eigenvalue weighted by Crippen LogP contribution is -2.05. The Kier molecular flexibility index (Phi) is 3.88. The number of H-pyrrole nitrogens is 1. The van der Waals surface area contributed by atoms with E-state index >= 15 is 0 Å². The predicted octanol–water partition coefficient (Wildman–Crippen LogP) is 3.85. The molecule has 3 heteroatoms. The van der Waals surface area contributed by atoms with Gasteiger partial charge in [0.2, 0.25) is 5.78 Å². The summed E-state index contributed by atoms with van der Waals surface area (Å²) in [6.07, 6.45) is 2.39. The number of nitrogens with one attached hydrogen (secondary N) is 1. The first kappa shape index (κ1) is 14.3. The number of benzene rings is 2. The van der Waals surface area contributed by atoms with Crippen molar-refractivity contribution in [1.82, 2.24) is 9.97 Å². The molecule has 2 aromatic carbocycles. The number of aryl methyl sites for hydroxylation is 1. The molecule has 0 unspecified atom stereocenters. The van der Waals surface area contributed by atoms with Crippen LogP contribution in [0.25, 0.3) is 0 Å². The van der Waals surface area contributed by atoms with Gasteiger partial charge in [0.1, 0.15) is 11.5 Å². The van der Waals surface area contributed by atoms with E-state index in [-0.39, 0.29) is 5.78 Å². The van der Waals surface area contributed by atoms with Gasteiger partial charge in [0.15, 0.2) is 0 Å². The lowest BCUT2D eigenvalue weighted by atomic mass is 9.99. The van der Waals surface area contributed by atoms with E-state index in [0.717, 1.165) is 22.5 Å². The van der Waals surface area contributed by atoms with Crippen LogP contribution in [0, 0.1) is 13.8 Å². The van der Waals surface area contributed by atoms with E-state index in [9.17, 15) is 4.79 Å². The average Bonchev–Trinajstić information content (AvgIpc) is 2.99. The molecule has 0 saturated heterocycles. The van der Waals surface area contributed by atoms with Crippen molar-refractivity contribution in [3.05, 3.63) is 88.5 Å². The Morgan fingerprint density at radius 3 is 2.59 bits per heavy atom. The SMILES string of the molecule is Cc1cccc(C(=O)c2c[nH]c(Cc3ccccc3)n2)c1C. The van der Waals surface area contributed by atoms with Crippen LogP contribution in [0.4, 0.5) is 0 Å². The molecule has 0 radical (unpaired) electrons. The molecule has 1 heterocycles. The Hall–Kier alpha value is -2.68. The van der Waals surface area contributed by atoms with Crippen LogP contribution < -0.4 is 0 Å². The van der Waals surface area contributed by atoms with Crippen LogP contribution in [0.3, 0.4) is 0 Å². The van der Waals surface area contributed by atoms with Gasteiger partial charge in [0.25, 0.3) is 0 Å². The Bertz CT molecular complexity index is 803. The third-order valence-corrected chi connectivity index (χ3v) is 3.93. The molecule has 3 nitrogen and oxygen atoms in total. The highest BCUT2D eigenvalue weighted by Gasteiger charge is 2.15. The highest BCUT2D eigenvalue weighted by Crippen LogP contribution is 2.17. The highest BCUT2D eigenvalue weighted by molar-refractivity contribution is 6.08. The third kappa shape index (κ3) is 2.84. The van der Waals surface area contributed by atoms with Crippen LogP contribution in [0.2, 0.25) is 0 Å². The quantitative estimate of drug-likeness (QED) is 0.742. The van der Waals surface area contributed by atoms with Gasteiger partial charge in [-0.2, -0.15) is 0 Å². The molecule has 1 N–H and O–H groups in total. The maximum absolute atomic E-state index is 12.6. The van der Waals surface area contributed by atoms with Crippen molar-refractivity contribution in [3.63, 3.8) is 0 Å². The van der Waals surface area contributed by atoms with Gasteiger partial charge in [-0.1, -0.05) is 48.5 Å². The molecule has 0 saturated carbocycles. The fourth-order valence-electron chi connectivity index (χ4n) is 2.49. The fourth-order valence-corrected chi connectivity index (χ4v) is 2.49. The van der Waals surface area contributed by atoms with E-state index < -0.39 is 0 Å². The maximum Gasteiger partial charge on any atom is 0.213 e. The Balaban J connectivity index is 1.84. The second kappa shape index (κ2) is 5.98. The monoisotopic (exact) mass is 290 g/mol. The third-order valence-electron chi connectivity index (χ3n) is 3.93. The summed E-state index contributed by atoms with van der Waals surface area (Å²) in [5.41, 5.74) is 4.49. The Morgan fingerprint density at radius 2 is 1.82 bits per heavy atom. The lowest BCUT2D eigenvalue weighted by Gasteiger charge is -2.05. The van der Waals surface area contributed by atoms with Crippen molar-refractivity contribution < 1.29 is 4.79 Å². The molecular weight excluding hydrogens is 272 g/mol. The topological polar surface area (TPSA) is 45.8 Å². The van der Waals surface area contributed by atoms with Gasteiger partial charge in [-0.05, 0) is 30.5 Å². The number of nitrogens with zero attached hydrogens (tertiary/aromatic N) is 1. The number of hydrogen-bond acceptors (Lipinski definition) is 2. The van der Waals surface area contributed by atoms with Gasteiger partial charge >= 0.3 is 0 Å². The number of rotatable bonds is 4. The predicted molar refractivity (Wildman–Crippen MR) is 87.2 cm³/mol. The molecule has 1 aromatic heterocycles. The van der Waals surface area contributed by atoms with Gasteiger partial charge < -0.3 is 4.98 Å². The minimum Gasteiger partial charge on any atom is -0.348 e. The standard InChI is InChI=1S/C19H18N2O/c1-13-7-6-10-16(14(13)2)19(22)17-12-20-18(21-17)11-15-8-4-3-5-9-15/h3-10,12H,11H2,1-2H3,(H,20,21). The highest BCUT2D eigenvalue weighted by atomic mass is 16.1. The van der Waals surface area contributed by atoms with Crippen LogP contribution in [-0.4, -0.2) is 15.8 Å². The van der Waals surface area contributed by atoms with E-state index in [1.54, 1.807) is 6.20 Å². The summed E-state index contributed by atoms with van der Waals surface area (Å²) in [5, 5.41) is 0. The van der Waals surface area contributed by atoms with Gasteiger partial charge in [0, 0.05) is 18.2 Å². The van der Waals surface area contributed by atoms with Gasteiger partial charge in [0.05, 0.1) is 0 Å². The Morgan fingerprint density at radius 1 is 1.05 bits per heavy atom. The van der Waals surface area contributed by atoms with E-state index in [4.69, 9.17) is 0 Å². The number of hydrogen-bond donors (Lipinski definition) is 1. The molecule has 0 bridgehead atoms. The van der Waals surface area contributed by atoms with Crippen LogP contribution in [0.15, 0.2) is 54.7 Å². The van der Waals surface area contributed by atoms with E-state index in [1.165, 1.54) is 5.56 Å². The zero-order chi connectivity index (χ0) is 15.5. The van der Waals surface area contributed by atoms with Gasteiger partial charge in [-0.3, -0.25) is 4.79 Å². The molecule has 0 spiro atoms. The Labute approximate surface area is 130 Å². The summed E-state index contributed by atoms with van der Waals surface area (Å²) in [4.78, 5) is 20.2. The first-order valence-electron chi connectivity index (χ1n) is 7.34. The first-order chi connectivity index (χ1) is 10.6. The zero-order valence-electron chi connectivity index (χ0n) is 12.8. The molecule has 0 aliphatic rings. The second-order valence-corrected chi connectivity index (χ2v) is 5.47. The summed E-state index contributed by atoms with van der Waals surface area (Å²) < 4.78 is 0. The molecule has 3 rings (SSSR count). The maximum atomic E-state index is 12.6. The van der Waals surface area contributed by atoms with E-state index in [2.05, 4.69) is 22.1 Å². The number of ketones is 1. The van der Waals surface area contributed by atoms with E-state index in [1.807, 2.05) is 50.2 Å². The molecule has 0 aliphatic heterocycles. The van der Waals surface area contributed by atoms with Crippen LogP contribution in [-0.2, 0) is 6.42 Å². The summed E-state index contributed by atoms with van der Waals surface area (Å²) >= 11 is 0. The minimum absolute atomic E-state index is 0.0308. The van der Waals surface area contributed by atoms with Crippen molar-refractivity contribution >= 4 is 5.78 Å². The molecule has 3 aromatic rings. The number of carbonyl (C=O) groups excluding carboxylic acids is 1. The van der Waals surface area contributed by atoms with Crippen molar-refractivity contribution in [2.24, 2.45) is 0 Å². The smallest absolute Gasteiger partial charge is 0.213 e. The zero-order valence-corrected chi connectivity index (χ0v) is 12.8. The summed E-state index contributed by atoms with van der Waals surface area (Å²) in [5.74, 6) is 0.775. The molecule has 0 amide bonds. The van der Waals surface area contributed by atoms with Crippen LogP contribution >= 0.6 is 0 Å². The fraction of sp³-hybridized carbons (Fsp3) is 0.158. The van der Waals surface area contributed by atoms with E-state index in [0.29, 0.717) is 12.1 Å². The number of aromatic nitrogens is 2. The van der Waals surface area contributed by atoms with Crippen molar-refractivity contribution in [2.75, 3.05) is 0 Å². The average molecular weight is 290 g/mol. The van der Waals surface area contributed by atoms with Gasteiger partial charge in [-0.15, -0.1) is 0 Å². The normalized spacial score (nSPS) is 10.6. The number of carbonyl (C=O) groups is 1. The van der Waals surface area contributed by atoms with Crippen LogP contribution in [0.1, 0.15) is 38.6 Å². The van der Waals surface area contributed by atoms with Crippen LogP contribution in [0.5, 0.6) is 0 Å². The largest absolute Gasteiger partial charge is 0.348 e. The van der Waals surface area contributed by atoms with Crippen molar-refractivity contribution in [3.8, 4) is 0 Å². The first-order valence-corrected chi connectivity index (χ1v) is 7.34. The molecule has 110 valence electrons. The minimum atomic E-state index is -0.0308.